The Kier molecular flexibility index (Phi) is 5.72. The summed E-state index contributed by atoms with van der Waals surface area (Å²) in [5.41, 5.74) is -0.476. The van der Waals surface area contributed by atoms with E-state index in [9.17, 15) is 22.4 Å². The van der Waals surface area contributed by atoms with E-state index in [4.69, 9.17) is 13.9 Å². The van der Waals surface area contributed by atoms with E-state index in [0.29, 0.717) is 17.9 Å². The Morgan fingerprint density at radius 3 is 2.49 bits per heavy atom. The maximum absolute atomic E-state index is 14.2. The second-order valence-corrected chi connectivity index (χ2v) is 8.14. The summed E-state index contributed by atoms with van der Waals surface area (Å²) in [7, 11) is 1.32. The van der Waals surface area contributed by atoms with E-state index in [1.54, 1.807) is 24.3 Å². The van der Waals surface area contributed by atoms with Gasteiger partial charge in [-0.25, -0.2) is 4.39 Å². The molecule has 0 spiro atoms. The molecule has 0 atom stereocenters. The summed E-state index contributed by atoms with van der Waals surface area (Å²) in [5, 5.41) is 0.00453. The molecule has 0 saturated heterocycles. The first kappa shape index (κ1) is 22.9. The fraction of sp³-hybridized carbons (Fsp3) is 0.192. The van der Waals surface area contributed by atoms with Crippen molar-refractivity contribution < 1.29 is 31.5 Å². The Morgan fingerprint density at radius 2 is 1.77 bits per heavy atom. The molecule has 1 aliphatic rings. The lowest BCUT2D eigenvalue weighted by Crippen LogP contribution is -2.32. The van der Waals surface area contributed by atoms with Crippen LogP contribution >= 0.6 is 0 Å². The molecule has 180 valence electrons. The van der Waals surface area contributed by atoms with Crippen molar-refractivity contribution in [1.29, 1.82) is 0 Å². The van der Waals surface area contributed by atoms with Crippen molar-refractivity contribution in [1.82, 2.24) is 4.90 Å². The zero-order valence-electron chi connectivity index (χ0n) is 18.5. The highest BCUT2D eigenvalue weighted by molar-refractivity contribution is 5.88. The van der Waals surface area contributed by atoms with Crippen LogP contribution in [0.3, 0.4) is 0 Å². The monoisotopic (exact) mass is 485 g/mol. The van der Waals surface area contributed by atoms with Crippen molar-refractivity contribution in [2.24, 2.45) is 0 Å². The first-order valence-corrected chi connectivity index (χ1v) is 10.7. The molecule has 0 unspecified atom stereocenters. The summed E-state index contributed by atoms with van der Waals surface area (Å²) < 4.78 is 72.1. The van der Waals surface area contributed by atoms with Crippen LogP contribution in [0.2, 0.25) is 0 Å². The molecule has 0 radical (unpaired) electrons. The molecule has 1 aliphatic heterocycles. The highest BCUT2D eigenvalue weighted by Crippen LogP contribution is 2.42. The van der Waals surface area contributed by atoms with E-state index in [0.717, 1.165) is 5.56 Å². The average Bonchev–Trinajstić information content (AvgIpc) is 2.84. The van der Waals surface area contributed by atoms with E-state index in [-0.39, 0.29) is 41.4 Å². The molecule has 9 heteroatoms. The van der Waals surface area contributed by atoms with Crippen LogP contribution in [0, 0.1) is 5.82 Å². The van der Waals surface area contributed by atoms with Gasteiger partial charge in [-0.1, -0.05) is 30.3 Å². The van der Waals surface area contributed by atoms with Crippen molar-refractivity contribution in [2.45, 2.75) is 19.3 Å². The lowest BCUT2D eigenvalue weighted by Gasteiger charge is -2.29. The van der Waals surface area contributed by atoms with Gasteiger partial charge in [-0.05, 0) is 35.9 Å². The van der Waals surface area contributed by atoms with Crippen molar-refractivity contribution in [3.8, 4) is 22.6 Å². The SMILES string of the molecule is COc1ccccc1-c1c(C(F)(F)F)oc2c3c(ccc2c1=O)OCN(Cc1ccc(F)cc1)C3. The minimum atomic E-state index is -4.93. The van der Waals surface area contributed by atoms with Crippen LogP contribution in [0.15, 0.2) is 69.9 Å². The highest BCUT2D eigenvalue weighted by atomic mass is 19.4. The van der Waals surface area contributed by atoms with Crippen LogP contribution in [0.25, 0.3) is 22.1 Å². The predicted molar refractivity (Wildman–Crippen MR) is 121 cm³/mol. The Hall–Kier alpha value is -3.85. The first-order valence-electron chi connectivity index (χ1n) is 10.7. The molecule has 35 heavy (non-hydrogen) atoms. The van der Waals surface area contributed by atoms with Gasteiger partial charge in [0, 0.05) is 18.7 Å². The molecule has 4 aromatic rings. The zero-order chi connectivity index (χ0) is 24.7. The number of methoxy groups -OCH3 is 1. The molecule has 0 N–H and O–H groups in total. The summed E-state index contributed by atoms with van der Waals surface area (Å²) >= 11 is 0. The number of benzene rings is 3. The number of hydrogen-bond donors (Lipinski definition) is 0. The van der Waals surface area contributed by atoms with Gasteiger partial charge >= 0.3 is 6.18 Å². The second-order valence-electron chi connectivity index (χ2n) is 8.14. The van der Waals surface area contributed by atoms with E-state index in [1.807, 2.05) is 4.90 Å². The topological polar surface area (TPSA) is 51.9 Å². The number of alkyl halides is 3. The third-order valence-electron chi connectivity index (χ3n) is 5.86. The van der Waals surface area contributed by atoms with E-state index < -0.39 is 22.9 Å². The number of nitrogens with zero attached hydrogens (tertiary/aromatic N) is 1. The van der Waals surface area contributed by atoms with Crippen molar-refractivity contribution in [2.75, 3.05) is 13.8 Å². The van der Waals surface area contributed by atoms with Crippen LogP contribution in [0.4, 0.5) is 17.6 Å². The Balaban J connectivity index is 1.66. The number of halogens is 4. The molecule has 1 aromatic heterocycles. The molecular formula is C26H19F4NO4. The van der Waals surface area contributed by atoms with Gasteiger partial charge in [0.15, 0.2) is 0 Å². The maximum atomic E-state index is 14.2. The summed E-state index contributed by atoms with van der Waals surface area (Å²) in [6.07, 6.45) is -4.93. The lowest BCUT2D eigenvalue weighted by atomic mass is 9.99. The fourth-order valence-corrected chi connectivity index (χ4v) is 4.26. The average molecular weight is 485 g/mol. The molecule has 2 heterocycles. The molecule has 0 aliphatic carbocycles. The van der Waals surface area contributed by atoms with E-state index in [1.165, 1.54) is 43.5 Å². The standard InChI is InChI=1S/C26H19F4NO4/c1-33-20-5-3-2-4-17(20)22-23(32)18-10-11-21-19(24(18)35-25(22)26(28,29)30)13-31(14-34-21)12-15-6-8-16(27)9-7-15/h2-11H,12-14H2,1H3. The molecule has 0 amide bonds. The number of ether oxygens (including phenoxy) is 2. The number of fused-ring (bicyclic) bond motifs is 3. The Morgan fingerprint density at radius 1 is 1.03 bits per heavy atom. The Bertz CT molecular complexity index is 1460. The largest absolute Gasteiger partial charge is 0.496 e. The summed E-state index contributed by atoms with van der Waals surface area (Å²) in [6, 6.07) is 14.9. The maximum Gasteiger partial charge on any atom is 0.450 e. The van der Waals surface area contributed by atoms with Gasteiger partial charge in [-0.3, -0.25) is 9.69 Å². The molecule has 5 nitrogen and oxygen atoms in total. The zero-order valence-corrected chi connectivity index (χ0v) is 18.5. The molecule has 0 bridgehead atoms. The van der Waals surface area contributed by atoms with Crippen molar-refractivity contribution in [3.63, 3.8) is 0 Å². The van der Waals surface area contributed by atoms with Crippen LogP contribution in [0.5, 0.6) is 11.5 Å². The first-order chi connectivity index (χ1) is 16.8. The molecule has 0 fully saturated rings. The quantitative estimate of drug-likeness (QED) is 0.333. The minimum absolute atomic E-state index is 0.00453. The fourth-order valence-electron chi connectivity index (χ4n) is 4.26. The molecule has 0 saturated carbocycles. The van der Waals surface area contributed by atoms with E-state index in [2.05, 4.69) is 0 Å². The van der Waals surface area contributed by atoms with Crippen LogP contribution in [-0.2, 0) is 19.3 Å². The van der Waals surface area contributed by atoms with Crippen molar-refractivity contribution >= 4 is 11.0 Å². The van der Waals surface area contributed by atoms with Gasteiger partial charge in [-0.15, -0.1) is 0 Å². The van der Waals surface area contributed by atoms with Crippen LogP contribution < -0.4 is 14.9 Å². The molecular weight excluding hydrogens is 466 g/mol. The third kappa shape index (κ3) is 4.23. The van der Waals surface area contributed by atoms with E-state index >= 15 is 0 Å². The van der Waals surface area contributed by atoms with Crippen LogP contribution in [0.1, 0.15) is 16.9 Å². The summed E-state index contributed by atoms with van der Waals surface area (Å²) in [6.45, 7) is 0.718. The highest BCUT2D eigenvalue weighted by Gasteiger charge is 2.40. The van der Waals surface area contributed by atoms with Gasteiger partial charge in [0.2, 0.25) is 11.2 Å². The lowest BCUT2D eigenvalue weighted by molar-refractivity contribution is -0.152. The van der Waals surface area contributed by atoms with Crippen LogP contribution in [-0.4, -0.2) is 18.7 Å². The minimum Gasteiger partial charge on any atom is -0.496 e. The number of rotatable bonds is 4. The van der Waals surface area contributed by atoms with Gasteiger partial charge < -0.3 is 13.9 Å². The van der Waals surface area contributed by atoms with Gasteiger partial charge in [-0.2, -0.15) is 13.2 Å². The summed E-state index contributed by atoms with van der Waals surface area (Å²) in [5.74, 6) is -1.30. The van der Waals surface area contributed by atoms with Gasteiger partial charge in [0.1, 0.15) is 29.6 Å². The number of para-hydroxylation sites is 1. The smallest absolute Gasteiger partial charge is 0.450 e. The molecule has 5 rings (SSSR count). The predicted octanol–water partition coefficient (Wildman–Crippen LogP) is 5.98. The van der Waals surface area contributed by atoms with Gasteiger partial charge in [0.05, 0.1) is 23.6 Å². The Labute approximate surface area is 197 Å². The summed E-state index contributed by atoms with van der Waals surface area (Å²) in [4.78, 5) is 15.3. The normalized spacial score (nSPS) is 14.0. The van der Waals surface area contributed by atoms with Crippen molar-refractivity contribution in [3.05, 3.63) is 93.6 Å². The van der Waals surface area contributed by atoms with Gasteiger partial charge in [0.25, 0.3) is 0 Å². The number of hydrogen-bond acceptors (Lipinski definition) is 5. The third-order valence-corrected chi connectivity index (χ3v) is 5.86. The second kappa shape index (κ2) is 8.74. The molecule has 3 aromatic carbocycles.